The molecule has 0 heterocycles. The van der Waals surface area contributed by atoms with E-state index in [2.05, 4.69) is 10.2 Å². The molecule has 2 rings (SSSR count). The summed E-state index contributed by atoms with van der Waals surface area (Å²) in [6.07, 6.45) is 0.146. The van der Waals surface area contributed by atoms with E-state index in [4.69, 9.17) is 27.9 Å². The van der Waals surface area contributed by atoms with E-state index in [1.54, 1.807) is 31.2 Å². The second-order valence-corrected chi connectivity index (χ2v) is 7.30. The highest BCUT2D eigenvalue weighted by Crippen LogP contribution is 2.21. The summed E-state index contributed by atoms with van der Waals surface area (Å²) in [4.78, 5) is 14.7. The molecule has 0 saturated carbocycles. The first-order valence-electron chi connectivity index (χ1n) is 8.48. The van der Waals surface area contributed by atoms with E-state index in [0.29, 0.717) is 15.8 Å². The Hall–Kier alpha value is -1.75. The molecule has 2 atom stereocenters. The van der Waals surface area contributed by atoms with Crippen molar-refractivity contribution in [3.63, 3.8) is 0 Å². The molecule has 0 aliphatic rings. The number of carbonyl (C=O) groups excluding carboxylic acids is 1. The Kier molecular flexibility index (Phi) is 7.76. The topological polar surface area (TPSA) is 41.6 Å². The van der Waals surface area contributed by atoms with Crippen LogP contribution in [-0.2, 0) is 4.79 Å². The van der Waals surface area contributed by atoms with E-state index in [0.717, 1.165) is 18.5 Å². The average molecular weight is 395 g/mol. The molecule has 0 fully saturated rings. The van der Waals surface area contributed by atoms with Gasteiger partial charge in [0.05, 0.1) is 6.04 Å². The van der Waals surface area contributed by atoms with Crippen molar-refractivity contribution >= 4 is 29.1 Å². The third kappa shape index (κ3) is 6.52. The van der Waals surface area contributed by atoms with E-state index in [-0.39, 0.29) is 11.9 Å². The molecule has 4 nitrogen and oxygen atoms in total. The lowest BCUT2D eigenvalue weighted by molar-refractivity contribution is -0.128. The quantitative estimate of drug-likeness (QED) is 0.712. The number of rotatable bonds is 8. The summed E-state index contributed by atoms with van der Waals surface area (Å²) >= 11 is 11.9. The molecule has 1 N–H and O–H groups in total. The minimum atomic E-state index is -0.636. The van der Waals surface area contributed by atoms with Gasteiger partial charge in [0.2, 0.25) is 0 Å². The highest BCUT2D eigenvalue weighted by Gasteiger charge is 2.20. The first kappa shape index (κ1) is 20.6. The van der Waals surface area contributed by atoms with Gasteiger partial charge >= 0.3 is 0 Å². The Morgan fingerprint density at radius 2 is 1.81 bits per heavy atom. The molecule has 0 aromatic heterocycles. The fourth-order valence-corrected chi connectivity index (χ4v) is 2.80. The Balaban J connectivity index is 2.05. The normalized spacial score (nSPS) is 13.3. The van der Waals surface area contributed by atoms with E-state index in [1.807, 2.05) is 38.4 Å². The fourth-order valence-electron chi connectivity index (χ4n) is 2.49. The van der Waals surface area contributed by atoms with E-state index < -0.39 is 6.10 Å². The van der Waals surface area contributed by atoms with Crippen LogP contribution in [0.25, 0.3) is 0 Å². The molecule has 0 bridgehead atoms. The molecule has 2 aromatic rings. The summed E-state index contributed by atoms with van der Waals surface area (Å²) < 4.78 is 5.71. The zero-order valence-corrected chi connectivity index (χ0v) is 16.7. The van der Waals surface area contributed by atoms with Crippen LogP contribution in [0.5, 0.6) is 5.75 Å². The van der Waals surface area contributed by atoms with Gasteiger partial charge in [0.25, 0.3) is 5.91 Å². The molecule has 0 saturated heterocycles. The van der Waals surface area contributed by atoms with Crippen molar-refractivity contribution < 1.29 is 9.53 Å². The zero-order chi connectivity index (χ0) is 19.1. The van der Waals surface area contributed by atoms with Crippen molar-refractivity contribution in [2.24, 2.45) is 0 Å². The van der Waals surface area contributed by atoms with Gasteiger partial charge in [-0.1, -0.05) is 41.4 Å². The van der Waals surface area contributed by atoms with Crippen LogP contribution in [-0.4, -0.2) is 37.6 Å². The maximum atomic E-state index is 12.6. The number of ether oxygens (including phenoxy) is 1. The lowest BCUT2D eigenvalue weighted by Gasteiger charge is -2.23. The van der Waals surface area contributed by atoms with Gasteiger partial charge in [0, 0.05) is 10.0 Å². The Labute approximate surface area is 165 Å². The van der Waals surface area contributed by atoms with Crippen molar-refractivity contribution in [2.75, 3.05) is 20.6 Å². The molecule has 140 valence electrons. The van der Waals surface area contributed by atoms with Crippen molar-refractivity contribution in [3.8, 4) is 5.75 Å². The van der Waals surface area contributed by atoms with Crippen molar-refractivity contribution in [2.45, 2.75) is 25.5 Å². The lowest BCUT2D eigenvalue weighted by atomic mass is 10.0. The van der Waals surface area contributed by atoms with Crippen LogP contribution in [0.4, 0.5) is 0 Å². The van der Waals surface area contributed by atoms with Gasteiger partial charge in [0.1, 0.15) is 5.75 Å². The molecule has 0 aliphatic carbocycles. The van der Waals surface area contributed by atoms with Gasteiger partial charge in [-0.2, -0.15) is 0 Å². The van der Waals surface area contributed by atoms with E-state index in [1.165, 1.54) is 0 Å². The SMILES string of the molecule is CC(Oc1cccc(Cl)c1)C(=O)NC(CCN(C)C)c1ccc(Cl)cc1. The number of nitrogens with zero attached hydrogens (tertiary/aromatic N) is 1. The maximum absolute atomic E-state index is 12.6. The first-order valence-corrected chi connectivity index (χ1v) is 9.23. The van der Waals surface area contributed by atoms with Crippen LogP contribution < -0.4 is 10.1 Å². The summed E-state index contributed by atoms with van der Waals surface area (Å²) in [6.45, 7) is 2.57. The lowest BCUT2D eigenvalue weighted by Crippen LogP contribution is -2.39. The van der Waals surface area contributed by atoms with Crippen molar-refractivity contribution in [1.29, 1.82) is 0 Å². The summed E-state index contributed by atoms with van der Waals surface area (Å²) in [5.41, 5.74) is 1.01. The summed E-state index contributed by atoms with van der Waals surface area (Å²) in [7, 11) is 4.01. The molecular formula is C20H24Cl2N2O2. The number of benzene rings is 2. The second kappa shape index (κ2) is 9.81. The van der Waals surface area contributed by atoms with Gasteiger partial charge in [0.15, 0.2) is 6.10 Å². The van der Waals surface area contributed by atoms with Gasteiger partial charge in [-0.05, 0) is 69.9 Å². The largest absolute Gasteiger partial charge is 0.481 e. The minimum absolute atomic E-state index is 0.118. The number of amides is 1. The number of halogens is 2. The molecule has 6 heteroatoms. The number of nitrogens with one attached hydrogen (secondary N) is 1. The molecule has 2 aromatic carbocycles. The predicted octanol–water partition coefficient (Wildman–Crippen LogP) is 4.57. The molecule has 1 amide bonds. The van der Waals surface area contributed by atoms with Crippen molar-refractivity contribution in [3.05, 3.63) is 64.1 Å². The Morgan fingerprint density at radius 3 is 2.42 bits per heavy atom. The molecule has 26 heavy (non-hydrogen) atoms. The van der Waals surface area contributed by atoms with Gasteiger partial charge in [-0.3, -0.25) is 4.79 Å². The van der Waals surface area contributed by atoms with Gasteiger partial charge < -0.3 is 15.0 Å². The molecule has 0 radical (unpaired) electrons. The monoisotopic (exact) mass is 394 g/mol. The molecule has 0 aliphatic heterocycles. The van der Waals surface area contributed by atoms with Gasteiger partial charge in [-0.25, -0.2) is 0 Å². The van der Waals surface area contributed by atoms with Crippen LogP contribution in [0.2, 0.25) is 10.0 Å². The maximum Gasteiger partial charge on any atom is 0.261 e. The van der Waals surface area contributed by atoms with Gasteiger partial charge in [-0.15, -0.1) is 0 Å². The average Bonchev–Trinajstić information content (AvgIpc) is 2.59. The van der Waals surface area contributed by atoms with Crippen LogP contribution in [0, 0.1) is 0 Å². The summed E-state index contributed by atoms with van der Waals surface area (Å²) in [5.74, 6) is 0.389. The van der Waals surface area contributed by atoms with Crippen LogP contribution in [0.15, 0.2) is 48.5 Å². The number of hydrogen-bond acceptors (Lipinski definition) is 3. The molecular weight excluding hydrogens is 371 g/mol. The second-order valence-electron chi connectivity index (χ2n) is 6.42. The van der Waals surface area contributed by atoms with E-state index >= 15 is 0 Å². The predicted molar refractivity (Wildman–Crippen MR) is 107 cm³/mol. The number of carbonyl (C=O) groups is 1. The molecule has 2 unspecified atom stereocenters. The standard InChI is InChI=1S/C20H24Cl2N2O2/c1-14(26-18-6-4-5-17(22)13-18)20(25)23-19(11-12-24(2)3)15-7-9-16(21)10-8-15/h4-10,13-14,19H,11-12H2,1-3H3,(H,23,25). The van der Waals surface area contributed by atoms with Crippen LogP contribution >= 0.6 is 23.2 Å². The first-order chi connectivity index (χ1) is 12.3. The highest BCUT2D eigenvalue weighted by molar-refractivity contribution is 6.30. The van der Waals surface area contributed by atoms with E-state index in [9.17, 15) is 4.79 Å². The zero-order valence-electron chi connectivity index (χ0n) is 15.2. The highest BCUT2D eigenvalue weighted by atomic mass is 35.5. The number of hydrogen-bond donors (Lipinski definition) is 1. The van der Waals surface area contributed by atoms with Crippen molar-refractivity contribution in [1.82, 2.24) is 10.2 Å². The summed E-state index contributed by atoms with van der Waals surface area (Å²) in [6, 6.07) is 14.4. The smallest absolute Gasteiger partial charge is 0.261 e. The van der Waals surface area contributed by atoms with Crippen LogP contribution in [0.1, 0.15) is 24.9 Å². The molecule has 0 spiro atoms. The third-order valence-electron chi connectivity index (χ3n) is 3.93. The third-order valence-corrected chi connectivity index (χ3v) is 4.42. The minimum Gasteiger partial charge on any atom is -0.481 e. The Bertz CT molecular complexity index is 720. The van der Waals surface area contributed by atoms with Crippen LogP contribution in [0.3, 0.4) is 0 Å². The fraction of sp³-hybridized carbons (Fsp3) is 0.350. The Morgan fingerprint density at radius 1 is 1.12 bits per heavy atom. The summed E-state index contributed by atoms with van der Waals surface area (Å²) in [5, 5.41) is 4.32.